The molecule has 0 unspecified atom stereocenters. The third-order valence-corrected chi connectivity index (χ3v) is 5.69. The second-order valence-electron chi connectivity index (χ2n) is 7.73. The van der Waals surface area contributed by atoms with Gasteiger partial charge in [-0.3, -0.25) is 0 Å². The van der Waals surface area contributed by atoms with Gasteiger partial charge in [0.25, 0.3) is 0 Å². The van der Waals surface area contributed by atoms with E-state index in [-0.39, 0.29) is 5.75 Å². The molecule has 0 saturated carbocycles. The Labute approximate surface area is 159 Å². The molecule has 0 radical (unpaired) electrons. The number of likely N-dealkylation sites (tertiary alicyclic amines) is 1. The smallest absolute Gasteiger partial charge is 0.175 e. The van der Waals surface area contributed by atoms with Crippen LogP contribution in [-0.4, -0.2) is 66.5 Å². The van der Waals surface area contributed by atoms with Gasteiger partial charge in [0.1, 0.15) is 11.6 Å². The van der Waals surface area contributed by atoms with E-state index in [0.29, 0.717) is 22.9 Å². The highest BCUT2D eigenvalue weighted by atomic mass is 19.1. The number of hydrogen-bond donors (Lipinski definition) is 1. The van der Waals surface area contributed by atoms with Gasteiger partial charge in [-0.2, -0.15) is 0 Å². The fourth-order valence-electron chi connectivity index (χ4n) is 4.27. The van der Waals surface area contributed by atoms with Crippen molar-refractivity contribution in [3.05, 3.63) is 29.6 Å². The van der Waals surface area contributed by atoms with E-state index in [9.17, 15) is 9.50 Å². The number of fused-ring (bicyclic) bond motifs is 1. The van der Waals surface area contributed by atoms with Gasteiger partial charge in [0.15, 0.2) is 5.82 Å². The molecule has 4 rings (SSSR count). The summed E-state index contributed by atoms with van der Waals surface area (Å²) in [5.74, 6) is 0.336. The van der Waals surface area contributed by atoms with E-state index in [1.807, 2.05) is 13.1 Å². The maximum absolute atomic E-state index is 13.5. The number of phenols is 1. The van der Waals surface area contributed by atoms with E-state index >= 15 is 0 Å². The van der Waals surface area contributed by atoms with Gasteiger partial charge in [0, 0.05) is 44.4 Å². The number of aryl methyl sites for hydroxylation is 1. The highest BCUT2D eigenvalue weighted by Crippen LogP contribution is 2.38. The van der Waals surface area contributed by atoms with Crippen LogP contribution in [0.25, 0.3) is 11.3 Å². The molecule has 3 heterocycles. The molecule has 2 aliphatic rings. The third kappa shape index (κ3) is 3.32. The summed E-state index contributed by atoms with van der Waals surface area (Å²) in [5, 5.41) is 19.2. The zero-order valence-corrected chi connectivity index (χ0v) is 16.1. The highest BCUT2D eigenvalue weighted by molar-refractivity contribution is 5.78. The van der Waals surface area contributed by atoms with Gasteiger partial charge in [0.2, 0.25) is 0 Å². The first-order valence-electron chi connectivity index (χ1n) is 9.47. The number of hydrogen-bond acceptors (Lipinski definition) is 6. The molecule has 1 N–H and O–H groups in total. The number of likely N-dealkylation sites (N-methyl/N-ethyl adjacent to an activating group) is 2. The maximum atomic E-state index is 13.5. The lowest BCUT2D eigenvalue weighted by atomic mass is 10.0. The summed E-state index contributed by atoms with van der Waals surface area (Å²) in [6.45, 7) is 5.78. The monoisotopic (exact) mass is 371 g/mol. The van der Waals surface area contributed by atoms with Crippen LogP contribution >= 0.6 is 0 Å². The number of piperidine rings is 1. The number of aromatic hydroxyl groups is 1. The average Bonchev–Trinajstić information content (AvgIpc) is 2.61. The molecule has 0 spiro atoms. The Bertz CT molecular complexity index is 835. The van der Waals surface area contributed by atoms with E-state index in [0.717, 1.165) is 50.2 Å². The van der Waals surface area contributed by atoms with E-state index in [1.165, 1.54) is 12.5 Å². The molecule has 6 nitrogen and oxygen atoms in total. The van der Waals surface area contributed by atoms with Crippen molar-refractivity contribution in [2.45, 2.75) is 25.8 Å². The molecule has 0 amide bonds. The Morgan fingerprint density at radius 3 is 2.67 bits per heavy atom. The fraction of sp³-hybridized carbons (Fsp3) is 0.500. The van der Waals surface area contributed by atoms with Crippen LogP contribution in [0.3, 0.4) is 0 Å². The second kappa shape index (κ2) is 6.96. The summed E-state index contributed by atoms with van der Waals surface area (Å²) in [4.78, 5) is 6.92. The second-order valence-corrected chi connectivity index (χ2v) is 7.73. The molecule has 1 atom stereocenters. The van der Waals surface area contributed by atoms with Gasteiger partial charge in [0.05, 0.1) is 11.4 Å². The topological polar surface area (TPSA) is 55.7 Å². The molecule has 2 aromatic rings. The van der Waals surface area contributed by atoms with Crippen molar-refractivity contribution >= 4 is 11.5 Å². The van der Waals surface area contributed by atoms with Crippen molar-refractivity contribution in [2.24, 2.45) is 0 Å². The number of phenolic OH excluding ortho intramolecular Hbond substituents is 1. The van der Waals surface area contributed by atoms with Crippen LogP contribution in [0.4, 0.5) is 15.9 Å². The molecule has 1 fully saturated rings. The van der Waals surface area contributed by atoms with Crippen LogP contribution < -0.4 is 9.80 Å². The Balaban J connectivity index is 1.73. The molecule has 2 aliphatic heterocycles. The molecule has 0 aliphatic carbocycles. The lowest BCUT2D eigenvalue weighted by molar-refractivity contribution is 0.243. The first kappa shape index (κ1) is 18.0. The van der Waals surface area contributed by atoms with Crippen LogP contribution in [-0.2, 0) is 0 Å². The van der Waals surface area contributed by atoms with Crippen molar-refractivity contribution in [3.63, 3.8) is 0 Å². The van der Waals surface area contributed by atoms with E-state index < -0.39 is 5.82 Å². The summed E-state index contributed by atoms with van der Waals surface area (Å²) in [7, 11) is 4.21. The van der Waals surface area contributed by atoms with Gasteiger partial charge in [-0.15, -0.1) is 10.2 Å². The zero-order valence-electron chi connectivity index (χ0n) is 16.1. The number of anilines is 2. The number of aromatic nitrogens is 2. The van der Waals surface area contributed by atoms with Crippen LogP contribution in [0.2, 0.25) is 0 Å². The predicted molar refractivity (Wildman–Crippen MR) is 105 cm³/mol. The van der Waals surface area contributed by atoms with Gasteiger partial charge in [-0.05, 0) is 51.1 Å². The SMILES string of the molecule is Cc1cc(F)cc(O)c1-c1cc2c(nn1)N([C@@H]1CCCN(C)C1)CCN2C. The lowest BCUT2D eigenvalue weighted by Gasteiger charge is -2.43. The summed E-state index contributed by atoms with van der Waals surface area (Å²) < 4.78 is 13.5. The fourth-order valence-corrected chi connectivity index (χ4v) is 4.27. The molecular weight excluding hydrogens is 345 g/mol. The van der Waals surface area contributed by atoms with Crippen molar-refractivity contribution in [1.82, 2.24) is 15.1 Å². The molecule has 7 heteroatoms. The summed E-state index contributed by atoms with van der Waals surface area (Å²) in [5.41, 5.74) is 2.75. The Hall–Kier alpha value is -2.41. The van der Waals surface area contributed by atoms with Crippen molar-refractivity contribution < 1.29 is 9.50 Å². The third-order valence-electron chi connectivity index (χ3n) is 5.69. The van der Waals surface area contributed by atoms with Gasteiger partial charge >= 0.3 is 0 Å². The summed E-state index contributed by atoms with van der Waals surface area (Å²) >= 11 is 0. The number of benzene rings is 1. The normalized spacial score (nSPS) is 20.7. The molecule has 27 heavy (non-hydrogen) atoms. The Morgan fingerprint density at radius 2 is 1.93 bits per heavy atom. The Kier molecular flexibility index (Phi) is 4.63. The lowest BCUT2D eigenvalue weighted by Crippen LogP contribution is -2.51. The standard InChI is InChI=1S/C20H26FN5O/c1-13-9-14(21)10-18(27)19(13)16-11-17-20(23-22-16)26(8-7-25(17)3)15-5-4-6-24(2)12-15/h9-11,15,27H,4-8,12H2,1-3H3/t15-/m1/s1. The van der Waals surface area contributed by atoms with Crippen LogP contribution in [0.5, 0.6) is 5.75 Å². The van der Waals surface area contributed by atoms with Crippen LogP contribution in [0.15, 0.2) is 18.2 Å². The average molecular weight is 371 g/mol. The first-order valence-corrected chi connectivity index (χ1v) is 9.47. The highest BCUT2D eigenvalue weighted by Gasteiger charge is 2.31. The zero-order chi connectivity index (χ0) is 19.1. The molecule has 0 bridgehead atoms. The molecule has 1 saturated heterocycles. The minimum atomic E-state index is -0.454. The quantitative estimate of drug-likeness (QED) is 0.876. The minimum absolute atomic E-state index is 0.106. The number of rotatable bonds is 2. The summed E-state index contributed by atoms with van der Waals surface area (Å²) in [6, 6.07) is 4.93. The maximum Gasteiger partial charge on any atom is 0.175 e. The van der Waals surface area contributed by atoms with Crippen LogP contribution in [0, 0.1) is 12.7 Å². The van der Waals surface area contributed by atoms with E-state index in [4.69, 9.17) is 0 Å². The van der Waals surface area contributed by atoms with Crippen LogP contribution in [0.1, 0.15) is 18.4 Å². The number of nitrogens with zero attached hydrogens (tertiary/aromatic N) is 5. The molecular formula is C20H26FN5O. The number of halogens is 1. The van der Waals surface area contributed by atoms with Gasteiger partial charge in [-0.1, -0.05) is 0 Å². The molecule has 1 aromatic heterocycles. The Morgan fingerprint density at radius 1 is 1.11 bits per heavy atom. The van der Waals surface area contributed by atoms with Gasteiger partial charge < -0.3 is 19.8 Å². The largest absolute Gasteiger partial charge is 0.507 e. The van der Waals surface area contributed by atoms with Crippen molar-refractivity contribution in [1.29, 1.82) is 0 Å². The molecule has 1 aromatic carbocycles. The van der Waals surface area contributed by atoms with Crippen molar-refractivity contribution in [2.75, 3.05) is 50.1 Å². The van der Waals surface area contributed by atoms with Crippen molar-refractivity contribution in [3.8, 4) is 17.0 Å². The minimum Gasteiger partial charge on any atom is -0.507 e. The first-order chi connectivity index (χ1) is 12.9. The molecule has 144 valence electrons. The predicted octanol–water partition coefficient (Wildman–Crippen LogP) is 2.65. The van der Waals surface area contributed by atoms with E-state index in [1.54, 1.807) is 6.92 Å². The van der Waals surface area contributed by atoms with E-state index in [2.05, 4.69) is 31.9 Å². The van der Waals surface area contributed by atoms with Gasteiger partial charge in [-0.25, -0.2) is 4.39 Å². The summed E-state index contributed by atoms with van der Waals surface area (Å²) in [6.07, 6.45) is 2.35.